The highest BCUT2D eigenvalue weighted by Crippen LogP contribution is 2.67. The first kappa shape index (κ1) is 39.3. The van der Waals surface area contributed by atoms with Gasteiger partial charge in [0.1, 0.15) is 17.2 Å². The Hall–Kier alpha value is -4.91. The summed E-state index contributed by atoms with van der Waals surface area (Å²) in [4.78, 5) is 50.4. The lowest BCUT2D eigenvalue weighted by Gasteiger charge is -2.50. The summed E-state index contributed by atoms with van der Waals surface area (Å²) < 4.78 is 161. The molecular formula is C35H19Cl2F11N2O6. The molecule has 2 aliphatic carbocycles. The smallest absolute Gasteiger partial charge is 0.416 e. The van der Waals surface area contributed by atoms with Gasteiger partial charge in [0.15, 0.2) is 33.0 Å². The van der Waals surface area contributed by atoms with Gasteiger partial charge in [-0.2, -0.15) is 26.3 Å². The number of halogens is 13. The number of nitrogens with zero attached hydrogens (tertiary/aromatic N) is 2. The van der Waals surface area contributed by atoms with Gasteiger partial charge in [-0.15, -0.1) is 23.2 Å². The number of alkyl halides is 8. The van der Waals surface area contributed by atoms with Crippen LogP contribution in [0.3, 0.4) is 0 Å². The zero-order valence-corrected chi connectivity index (χ0v) is 29.1. The largest absolute Gasteiger partial charge is 0.508 e. The Kier molecular flexibility index (Phi) is 8.81. The van der Waals surface area contributed by atoms with Crippen LogP contribution in [0, 0.1) is 46.8 Å². The molecule has 296 valence electrons. The third kappa shape index (κ3) is 5.25. The first-order valence-corrected chi connectivity index (χ1v) is 16.7. The molecule has 2 heterocycles. The fourth-order valence-corrected chi connectivity index (χ4v) is 9.10. The van der Waals surface area contributed by atoms with Crippen molar-refractivity contribution in [2.45, 2.75) is 40.9 Å². The van der Waals surface area contributed by atoms with E-state index < -0.39 is 144 Å². The molecule has 2 aliphatic heterocycles. The van der Waals surface area contributed by atoms with Crippen molar-refractivity contribution in [3.8, 4) is 11.5 Å². The van der Waals surface area contributed by atoms with E-state index in [9.17, 15) is 63.8 Å². The molecule has 0 radical (unpaired) electrons. The molecule has 3 fully saturated rings. The molecule has 0 aromatic heterocycles. The molecule has 56 heavy (non-hydrogen) atoms. The lowest BCUT2D eigenvalue weighted by Crippen LogP contribution is -2.60. The van der Waals surface area contributed by atoms with Gasteiger partial charge in [0.25, 0.3) is 11.8 Å². The van der Waals surface area contributed by atoms with E-state index in [1.165, 1.54) is 6.08 Å². The van der Waals surface area contributed by atoms with Crippen molar-refractivity contribution in [3.05, 3.63) is 93.8 Å². The fourth-order valence-electron chi connectivity index (χ4n) is 8.17. The number of aromatic hydroxyl groups is 1. The van der Waals surface area contributed by atoms with Crippen LogP contribution in [0.15, 0.2) is 48.0 Å². The Morgan fingerprint density at radius 2 is 1.30 bits per heavy atom. The van der Waals surface area contributed by atoms with Gasteiger partial charge in [-0.05, 0) is 43.0 Å². The zero-order valence-electron chi connectivity index (χ0n) is 27.6. The van der Waals surface area contributed by atoms with E-state index in [0.29, 0.717) is 0 Å². The molecule has 0 bridgehead atoms. The van der Waals surface area contributed by atoms with Crippen molar-refractivity contribution in [2.75, 3.05) is 16.9 Å². The van der Waals surface area contributed by atoms with Gasteiger partial charge >= 0.3 is 12.4 Å². The SMILES string of the molecule is COc1cc(O)ccc1C1C2=CCC3C(=O)N(c4cc(C(F)(F)F)cc(C(F)(F)F)c4)C(=O)C3C2CC2(Cl)C(=O)N(c3c(F)c(F)c(F)c(F)c3F)C(=O)C12Cl. The van der Waals surface area contributed by atoms with Gasteiger partial charge in [0.05, 0.1) is 35.8 Å². The standard InChI is InChI=1S/C35H19Cl2F11N2O6/c1-56-19-9-14(51)2-3-16(19)21-15-4-5-17-20(29(53)49(28(17)52)13-7-11(34(43,44)45)6-12(8-13)35(46,47)48)18(15)10-32(36)30(54)50(31(55)33(21,32)37)27-25(41)23(39)22(38)24(40)26(27)42/h2-4,6-9,17-18,20-21,51H,5,10H2,1H3. The molecule has 1 N–H and O–H groups in total. The normalized spacial score (nSPS) is 27.7. The lowest BCUT2D eigenvalue weighted by atomic mass is 9.56. The number of phenols is 1. The second kappa shape index (κ2) is 12.5. The number of amides is 4. The van der Waals surface area contributed by atoms with Crippen LogP contribution < -0.4 is 14.5 Å². The Morgan fingerprint density at radius 1 is 0.750 bits per heavy atom. The highest BCUT2D eigenvalue weighted by Gasteiger charge is 2.77. The number of ether oxygens (including phenoxy) is 1. The summed E-state index contributed by atoms with van der Waals surface area (Å²) in [5.74, 6) is -26.8. The van der Waals surface area contributed by atoms with Crippen molar-refractivity contribution in [2.24, 2.45) is 17.8 Å². The van der Waals surface area contributed by atoms with E-state index in [0.717, 1.165) is 25.3 Å². The molecule has 7 rings (SSSR count). The first-order chi connectivity index (χ1) is 25.9. The second-order valence-corrected chi connectivity index (χ2v) is 14.6. The summed E-state index contributed by atoms with van der Waals surface area (Å²) in [6.07, 6.45) is -11.0. The third-order valence-corrected chi connectivity index (χ3v) is 12.0. The lowest BCUT2D eigenvalue weighted by molar-refractivity contribution is -0.143. The predicted molar refractivity (Wildman–Crippen MR) is 170 cm³/mol. The summed E-state index contributed by atoms with van der Waals surface area (Å²) in [6.45, 7) is 0. The molecule has 3 aromatic carbocycles. The van der Waals surface area contributed by atoms with E-state index in [4.69, 9.17) is 27.9 Å². The minimum Gasteiger partial charge on any atom is -0.508 e. The molecule has 3 aromatic rings. The molecule has 2 saturated heterocycles. The Bertz CT molecular complexity index is 2270. The van der Waals surface area contributed by atoms with Gasteiger partial charge in [-0.1, -0.05) is 17.7 Å². The molecule has 21 heteroatoms. The molecule has 6 atom stereocenters. The number of fused-ring (bicyclic) bond motifs is 4. The minimum absolute atomic E-state index is 0.107. The van der Waals surface area contributed by atoms with Crippen LogP contribution in [0.25, 0.3) is 0 Å². The number of methoxy groups -OCH3 is 1. The van der Waals surface area contributed by atoms with Gasteiger partial charge < -0.3 is 9.84 Å². The number of rotatable bonds is 4. The van der Waals surface area contributed by atoms with Crippen LogP contribution in [-0.2, 0) is 31.5 Å². The number of benzene rings is 3. The molecular weight excluding hydrogens is 824 g/mol. The molecule has 4 amide bonds. The van der Waals surface area contributed by atoms with Crippen molar-refractivity contribution < 1.29 is 77.3 Å². The van der Waals surface area contributed by atoms with Crippen molar-refractivity contribution in [1.82, 2.24) is 0 Å². The summed E-state index contributed by atoms with van der Waals surface area (Å²) in [5, 5.41) is 10.2. The van der Waals surface area contributed by atoms with Gasteiger partial charge in [0.2, 0.25) is 17.6 Å². The maximum absolute atomic E-state index is 15.2. The summed E-state index contributed by atoms with van der Waals surface area (Å²) in [6, 6.07) is 3.19. The predicted octanol–water partition coefficient (Wildman–Crippen LogP) is 7.90. The van der Waals surface area contributed by atoms with Crippen molar-refractivity contribution in [3.63, 3.8) is 0 Å². The van der Waals surface area contributed by atoms with E-state index in [1.54, 1.807) is 0 Å². The van der Waals surface area contributed by atoms with E-state index in [1.807, 2.05) is 0 Å². The maximum atomic E-state index is 15.2. The summed E-state index contributed by atoms with van der Waals surface area (Å²) >= 11 is 14.0. The topological polar surface area (TPSA) is 104 Å². The number of imide groups is 2. The monoisotopic (exact) mass is 842 g/mol. The molecule has 0 spiro atoms. The van der Waals surface area contributed by atoms with Crippen LogP contribution >= 0.6 is 23.2 Å². The summed E-state index contributed by atoms with van der Waals surface area (Å²) in [5.41, 5.74) is -7.19. The number of hydrogen-bond donors (Lipinski definition) is 1. The molecule has 1 saturated carbocycles. The first-order valence-electron chi connectivity index (χ1n) is 15.9. The van der Waals surface area contributed by atoms with Crippen LogP contribution in [0.4, 0.5) is 59.7 Å². The van der Waals surface area contributed by atoms with Gasteiger partial charge in [0, 0.05) is 17.5 Å². The number of carbonyl (C=O) groups excluding carboxylic acids is 4. The Morgan fingerprint density at radius 3 is 1.84 bits per heavy atom. The zero-order chi connectivity index (χ0) is 41.4. The van der Waals surface area contributed by atoms with Crippen LogP contribution in [-0.4, -0.2) is 45.6 Å². The number of hydrogen-bond acceptors (Lipinski definition) is 6. The van der Waals surface area contributed by atoms with Crippen molar-refractivity contribution >= 4 is 58.2 Å². The third-order valence-electron chi connectivity index (χ3n) is 10.6. The highest BCUT2D eigenvalue weighted by atomic mass is 35.5. The highest BCUT2D eigenvalue weighted by molar-refractivity contribution is 6.58. The van der Waals surface area contributed by atoms with E-state index in [2.05, 4.69) is 0 Å². The molecule has 6 unspecified atom stereocenters. The average molecular weight is 843 g/mol. The van der Waals surface area contributed by atoms with Gasteiger partial charge in [-0.3, -0.25) is 19.2 Å². The van der Waals surface area contributed by atoms with Crippen LogP contribution in [0.1, 0.15) is 35.4 Å². The Labute approximate surface area is 316 Å². The van der Waals surface area contributed by atoms with Crippen LogP contribution in [0.5, 0.6) is 11.5 Å². The molecule has 4 aliphatic rings. The fraction of sp³-hybridized carbons (Fsp3) is 0.314. The average Bonchev–Trinajstić information content (AvgIpc) is 3.47. The molecule has 8 nitrogen and oxygen atoms in total. The quantitative estimate of drug-likeness (QED) is 0.0716. The maximum Gasteiger partial charge on any atom is 0.416 e. The number of phenolic OH excluding ortho intramolecular Hbond substituents is 1. The van der Waals surface area contributed by atoms with Crippen LogP contribution in [0.2, 0.25) is 0 Å². The van der Waals surface area contributed by atoms with Gasteiger partial charge in [-0.25, -0.2) is 31.8 Å². The van der Waals surface area contributed by atoms with E-state index >= 15 is 8.78 Å². The minimum atomic E-state index is -5.38. The van der Waals surface area contributed by atoms with E-state index in [-0.39, 0.29) is 40.0 Å². The number of allylic oxidation sites excluding steroid dienone is 2. The van der Waals surface area contributed by atoms with Crippen molar-refractivity contribution in [1.29, 1.82) is 0 Å². The Balaban J connectivity index is 1.43. The second-order valence-electron chi connectivity index (χ2n) is 13.4. The summed E-state index contributed by atoms with van der Waals surface area (Å²) in [7, 11) is 1.07. The number of anilines is 2. The number of carbonyl (C=O) groups is 4.